The molecule has 0 aliphatic rings. The lowest BCUT2D eigenvalue weighted by molar-refractivity contribution is -1.05. The Labute approximate surface area is 27.8 Å². The standard InChI is InChI=1S/CH2O4/c2-4-1-5-3/h1-2H. The fourth-order valence-electron chi connectivity index (χ4n) is 0.0176. The highest BCUT2D eigenvalue weighted by Crippen LogP contribution is 1.37. The Morgan fingerprint density at radius 3 is 2.60 bits per heavy atom. The van der Waals surface area contributed by atoms with E-state index >= 15 is 0 Å². The van der Waals surface area contributed by atoms with Crippen LogP contribution >= 0.6 is 0 Å². The van der Waals surface area contributed by atoms with Gasteiger partial charge in [0, 0.05) is 0 Å². The lowest BCUT2D eigenvalue weighted by Gasteiger charge is -1.66. The Morgan fingerprint density at radius 2 is 2.60 bits per heavy atom. The van der Waals surface area contributed by atoms with Crippen molar-refractivity contribution in [2.75, 3.05) is 0 Å². The number of rotatable bonds is 1. The van der Waals surface area contributed by atoms with Crippen LogP contribution in [0.1, 0.15) is 0 Å². The summed E-state index contributed by atoms with van der Waals surface area (Å²) in [5, 5.41) is 15.9. The minimum absolute atomic E-state index is 0.250. The molecule has 0 aromatic heterocycles. The van der Waals surface area contributed by atoms with E-state index in [1.165, 1.54) is 0 Å². The molecule has 30 valence electrons. The van der Waals surface area contributed by atoms with Gasteiger partial charge in [0.1, 0.15) is 0 Å². The van der Waals surface area contributed by atoms with Gasteiger partial charge in [-0.15, -0.1) is 4.89 Å². The minimum atomic E-state index is 0.250. The molecule has 0 aliphatic carbocycles. The van der Waals surface area contributed by atoms with Crippen LogP contribution in [0, 0.1) is 0 Å². The van der Waals surface area contributed by atoms with Crippen molar-refractivity contribution in [2.45, 2.75) is 0 Å². The number of carbonyl (C=O) groups excluding carboxylic acids is 1. The smallest absolute Gasteiger partial charge is 0.530 e. The summed E-state index contributed by atoms with van der Waals surface area (Å²) in [6.45, 7) is 0.250. The van der Waals surface area contributed by atoms with Crippen molar-refractivity contribution >= 4 is 6.47 Å². The van der Waals surface area contributed by atoms with Crippen molar-refractivity contribution in [2.24, 2.45) is 0 Å². The van der Waals surface area contributed by atoms with E-state index in [0.29, 0.717) is 0 Å². The predicted octanol–water partition coefficient (Wildman–Crippen LogP) is -1.56. The van der Waals surface area contributed by atoms with Gasteiger partial charge in [-0.2, -0.15) is 0 Å². The summed E-state index contributed by atoms with van der Waals surface area (Å²) in [6.07, 6.45) is 0. The molecule has 1 N–H and O–H groups in total. The Bertz CT molecular complexity index is 30.6. The lowest BCUT2D eigenvalue weighted by atomic mass is 11.6. The first-order valence-corrected chi connectivity index (χ1v) is 0.821. The summed E-state index contributed by atoms with van der Waals surface area (Å²) in [5.74, 6) is 0. The maximum Gasteiger partial charge on any atom is 0.530 e. The van der Waals surface area contributed by atoms with Crippen LogP contribution in [0.15, 0.2) is 0 Å². The zero-order valence-corrected chi connectivity index (χ0v) is 2.25. The summed E-state index contributed by atoms with van der Waals surface area (Å²) < 4.78 is 2.84. The summed E-state index contributed by atoms with van der Waals surface area (Å²) in [7, 11) is 0. The fraction of sp³-hybridized carbons (Fsp3) is 0. The van der Waals surface area contributed by atoms with Crippen LogP contribution in [0.5, 0.6) is 0 Å². The molecule has 4 heteroatoms. The van der Waals surface area contributed by atoms with E-state index in [1.54, 1.807) is 0 Å². The summed E-state index contributed by atoms with van der Waals surface area (Å²) >= 11 is 0. The fourth-order valence-corrected chi connectivity index (χ4v) is 0.0176. The first-order chi connectivity index (χ1) is 2.41. The zero-order valence-electron chi connectivity index (χ0n) is 2.25. The van der Waals surface area contributed by atoms with Gasteiger partial charge in [-0.1, -0.05) is 5.26 Å². The molecule has 4 nitrogen and oxygen atoms in total. The number of hydrogen-bond acceptors (Lipinski definition) is 3. The molecule has 0 bridgehead atoms. The number of hydrogen-bond donors (Lipinski definition) is 1. The Hall–Kier alpha value is -0.770. The molecular formula is CH2O4. The van der Waals surface area contributed by atoms with E-state index in [0.717, 1.165) is 0 Å². The molecule has 0 aliphatic heterocycles. The van der Waals surface area contributed by atoms with Crippen molar-refractivity contribution in [3.05, 3.63) is 0 Å². The van der Waals surface area contributed by atoms with Gasteiger partial charge in [0.25, 0.3) is 0 Å². The monoisotopic (exact) mass is 78.0 g/mol. The molecule has 0 rings (SSSR count). The summed E-state index contributed by atoms with van der Waals surface area (Å²) in [5.41, 5.74) is 0. The highest BCUT2D eigenvalue weighted by molar-refractivity contribution is 5.35. The van der Waals surface area contributed by atoms with Crippen LogP contribution in [0.2, 0.25) is 0 Å². The molecule has 0 aromatic carbocycles. The zero-order chi connectivity index (χ0) is 4.12. The Morgan fingerprint density at radius 1 is 2.00 bits per heavy atom. The maximum absolute atomic E-state index is 8.69. The van der Waals surface area contributed by atoms with E-state index in [-0.39, 0.29) is 6.47 Å². The largest absolute Gasteiger partial charge is 0.588 e. The first-order valence-electron chi connectivity index (χ1n) is 0.821. The van der Waals surface area contributed by atoms with Gasteiger partial charge in [0.2, 0.25) is 0 Å². The molecular weight excluding hydrogens is 76.0 g/mol. The average molecular weight is 78.0 g/mol. The molecule has 0 atom stereocenters. The minimum Gasteiger partial charge on any atom is -0.588 e. The van der Waals surface area contributed by atoms with Gasteiger partial charge in [-0.05, 0) is 0 Å². The SMILES string of the molecule is [O-][O+]=COO. The van der Waals surface area contributed by atoms with Crippen LogP contribution in [-0.2, 0) is 9.46 Å². The van der Waals surface area contributed by atoms with Crippen molar-refractivity contribution < 1.29 is 20.0 Å². The van der Waals surface area contributed by atoms with E-state index in [2.05, 4.69) is 9.46 Å². The lowest BCUT2D eigenvalue weighted by Crippen LogP contribution is -1.97. The van der Waals surface area contributed by atoms with E-state index in [4.69, 9.17) is 10.5 Å². The van der Waals surface area contributed by atoms with Crippen LogP contribution < -0.4 is 5.26 Å². The highest BCUT2D eigenvalue weighted by Gasteiger charge is 1.68. The van der Waals surface area contributed by atoms with Gasteiger partial charge in [-0.3, -0.25) is 4.58 Å². The summed E-state index contributed by atoms with van der Waals surface area (Å²) in [4.78, 5) is 3.03. The van der Waals surface area contributed by atoms with Crippen molar-refractivity contribution in [3.63, 3.8) is 0 Å². The molecule has 0 saturated carbocycles. The van der Waals surface area contributed by atoms with Gasteiger partial charge < -0.3 is 5.26 Å². The summed E-state index contributed by atoms with van der Waals surface area (Å²) in [6, 6.07) is 0. The molecule has 0 heterocycles. The Balaban J connectivity index is 2.62. The first kappa shape index (κ1) is 4.23. The topological polar surface area (TPSA) is 63.8 Å². The molecule has 0 amide bonds. The van der Waals surface area contributed by atoms with Gasteiger partial charge >= 0.3 is 6.47 Å². The third-order valence-corrected chi connectivity index (χ3v) is 0.0823. The van der Waals surface area contributed by atoms with Crippen molar-refractivity contribution in [1.82, 2.24) is 0 Å². The van der Waals surface area contributed by atoms with E-state index in [9.17, 15) is 0 Å². The molecule has 5 heavy (non-hydrogen) atoms. The van der Waals surface area contributed by atoms with Gasteiger partial charge in [0.05, 0.1) is 0 Å². The van der Waals surface area contributed by atoms with Crippen molar-refractivity contribution in [3.8, 4) is 0 Å². The van der Waals surface area contributed by atoms with Crippen LogP contribution in [0.4, 0.5) is 0 Å². The molecule has 0 unspecified atom stereocenters. The predicted molar refractivity (Wildman–Crippen MR) is 9.78 cm³/mol. The maximum atomic E-state index is 8.69. The molecule has 0 saturated heterocycles. The van der Waals surface area contributed by atoms with E-state index < -0.39 is 0 Å². The normalized spacial score (nSPS) is 9.00. The van der Waals surface area contributed by atoms with E-state index in [1.807, 2.05) is 0 Å². The van der Waals surface area contributed by atoms with Crippen LogP contribution in [0.25, 0.3) is 0 Å². The Kier molecular flexibility index (Phi) is 2.73. The van der Waals surface area contributed by atoms with Gasteiger partial charge in [0.15, 0.2) is 0 Å². The molecule has 0 fully saturated rings. The average Bonchev–Trinajstić information content (AvgIpc) is 1.41. The molecule has 0 radical (unpaired) electrons. The molecule has 0 spiro atoms. The highest BCUT2D eigenvalue weighted by atomic mass is 17.2. The van der Waals surface area contributed by atoms with Crippen LogP contribution in [-0.4, -0.2) is 11.7 Å². The quantitative estimate of drug-likeness (QED) is 0.178. The third kappa shape index (κ3) is 3.23. The molecule has 0 aromatic rings. The second-order valence-corrected chi connectivity index (χ2v) is 0.298. The second kappa shape index (κ2) is 3.23. The van der Waals surface area contributed by atoms with Crippen LogP contribution in [0.3, 0.4) is 0 Å². The third-order valence-electron chi connectivity index (χ3n) is 0.0823. The van der Waals surface area contributed by atoms with Gasteiger partial charge in [-0.25, -0.2) is 0 Å². The second-order valence-electron chi connectivity index (χ2n) is 0.298. The van der Waals surface area contributed by atoms with Crippen molar-refractivity contribution in [1.29, 1.82) is 0 Å².